The van der Waals surface area contributed by atoms with Crippen LogP contribution in [0.2, 0.25) is 0 Å². The van der Waals surface area contributed by atoms with Gasteiger partial charge in [-0.25, -0.2) is 4.79 Å². The van der Waals surface area contributed by atoms with E-state index in [1.54, 1.807) is 36.2 Å². The van der Waals surface area contributed by atoms with E-state index in [1.165, 1.54) is 7.11 Å². The van der Waals surface area contributed by atoms with Crippen molar-refractivity contribution in [3.8, 4) is 0 Å². The maximum Gasteiger partial charge on any atom is 0.339 e. The Hall–Kier alpha value is -2.34. The summed E-state index contributed by atoms with van der Waals surface area (Å²) in [7, 11) is 1.33. The van der Waals surface area contributed by atoms with Crippen LogP contribution in [0.1, 0.15) is 37.0 Å². The van der Waals surface area contributed by atoms with Crippen molar-refractivity contribution in [3.05, 3.63) is 57.6 Å². The minimum Gasteiger partial charge on any atom is -0.465 e. The Morgan fingerprint density at radius 3 is 2.74 bits per heavy atom. The van der Waals surface area contributed by atoms with Crippen LogP contribution in [0.25, 0.3) is 0 Å². The highest BCUT2D eigenvalue weighted by molar-refractivity contribution is 7.09. The Morgan fingerprint density at radius 1 is 1.43 bits per heavy atom. The number of ether oxygens (including phenoxy) is 1. The molecule has 0 fully saturated rings. The largest absolute Gasteiger partial charge is 0.465 e. The second kappa shape index (κ2) is 7.28. The fraction of sp³-hybridized carbons (Fsp3) is 0.294. The maximum absolute atomic E-state index is 12.9. The summed E-state index contributed by atoms with van der Waals surface area (Å²) in [6, 6.07) is 3.94. The minimum atomic E-state index is -0.441. The molecule has 2 rings (SSSR count). The van der Waals surface area contributed by atoms with Crippen molar-refractivity contribution >= 4 is 23.2 Å². The van der Waals surface area contributed by atoms with Gasteiger partial charge >= 0.3 is 5.97 Å². The Morgan fingerprint density at radius 2 is 2.17 bits per heavy atom. The van der Waals surface area contributed by atoms with Crippen LogP contribution in [0, 0.1) is 13.8 Å². The minimum absolute atomic E-state index is 0.158. The van der Waals surface area contributed by atoms with E-state index in [4.69, 9.17) is 4.74 Å². The van der Waals surface area contributed by atoms with Gasteiger partial charge in [-0.05, 0) is 30.9 Å². The molecule has 23 heavy (non-hydrogen) atoms. The first-order chi connectivity index (χ1) is 11.0. The van der Waals surface area contributed by atoms with Crippen molar-refractivity contribution in [2.45, 2.75) is 20.4 Å². The van der Waals surface area contributed by atoms with Crippen molar-refractivity contribution in [2.24, 2.45) is 0 Å². The monoisotopic (exact) mass is 332 g/mol. The van der Waals surface area contributed by atoms with Crippen molar-refractivity contribution in [3.63, 3.8) is 0 Å². The number of carbonyl (C=O) groups excluding carboxylic acids is 2. The molecule has 0 aliphatic rings. The van der Waals surface area contributed by atoms with Crippen molar-refractivity contribution in [1.82, 2.24) is 9.88 Å². The zero-order valence-electron chi connectivity index (χ0n) is 13.5. The number of aromatic amines is 1. The van der Waals surface area contributed by atoms with Crippen LogP contribution in [-0.4, -0.2) is 35.4 Å². The molecule has 0 unspecified atom stereocenters. The predicted molar refractivity (Wildman–Crippen MR) is 90.9 cm³/mol. The first-order valence-corrected chi connectivity index (χ1v) is 8.07. The number of hydrogen-bond acceptors (Lipinski definition) is 4. The summed E-state index contributed by atoms with van der Waals surface area (Å²) < 4.78 is 4.79. The summed E-state index contributed by atoms with van der Waals surface area (Å²) in [5, 5.41) is 1.98. The van der Waals surface area contributed by atoms with Crippen LogP contribution in [-0.2, 0) is 11.3 Å². The van der Waals surface area contributed by atoms with Crippen molar-refractivity contribution in [1.29, 1.82) is 0 Å². The van der Waals surface area contributed by atoms with Crippen molar-refractivity contribution < 1.29 is 14.3 Å². The fourth-order valence-electron chi connectivity index (χ4n) is 2.50. The second-order valence-corrected chi connectivity index (χ2v) is 6.20. The van der Waals surface area contributed by atoms with Gasteiger partial charge in [-0.3, -0.25) is 4.79 Å². The number of hydrogen-bond donors (Lipinski definition) is 1. The lowest BCUT2D eigenvalue weighted by Crippen LogP contribution is -2.31. The fourth-order valence-corrected chi connectivity index (χ4v) is 3.22. The summed E-state index contributed by atoms with van der Waals surface area (Å²) in [5.74, 6) is -0.599. The molecule has 1 amide bonds. The van der Waals surface area contributed by atoms with Crippen LogP contribution in [0.5, 0.6) is 0 Å². The van der Waals surface area contributed by atoms with Gasteiger partial charge in [0.1, 0.15) is 5.69 Å². The predicted octanol–water partition coefficient (Wildman–Crippen LogP) is 3.31. The van der Waals surface area contributed by atoms with E-state index in [0.29, 0.717) is 35.6 Å². The average Bonchev–Trinajstić information content (AvgIpc) is 3.13. The number of amides is 1. The van der Waals surface area contributed by atoms with Gasteiger partial charge in [0, 0.05) is 17.1 Å². The Labute approximate surface area is 139 Å². The number of thiophene rings is 1. The summed E-state index contributed by atoms with van der Waals surface area (Å²) in [5.41, 5.74) is 2.08. The molecule has 122 valence electrons. The van der Waals surface area contributed by atoms with Gasteiger partial charge in [0.25, 0.3) is 5.91 Å². The number of carbonyl (C=O) groups is 2. The normalized spacial score (nSPS) is 10.4. The van der Waals surface area contributed by atoms with Gasteiger partial charge in [0.15, 0.2) is 0 Å². The SMILES string of the molecule is C=CCN(Cc1cccs1)C(=O)c1[nH]c(C)c(C(=O)OC)c1C. The van der Waals surface area contributed by atoms with Gasteiger partial charge in [-0.2, -0.15) is 0 Å². The molecule has 2 aromatic heterocycles. The molecular formula is C17H20N2O3S. The highest BCUT2D eigenvalue weighted by Crippen LogP contribution is 2.21. The Balaban J connectivity index is 2.33. The molecule has 0 aliphatic carbocycles. The summed E-state index contributed by atoms with van der Waals surface area (Å²) in [6.45, 7) is 8.16. The van der Waals surface area contributed by atoms with Gasteiger partial charge in [0.2, 0.25) is 0 Å². The average molecular weight is 332 g/mol. The third-order valence-corrected chi connectivity index (χ3v) is 4.47. The van der Waals surface area contributed by atoms with Gasteiger partial charge < -0.3 is 14.6 Å². The first kappa shape index (κ1) is 17.0. The maximum atomic E-state index is 12.9. The van der Waals surface area contributed by atoms with E-state index >= 15 is 0 Å². The van der Waals surface area contributed by atoms with E-state index in [2.05, 4.69) is 11.6 Å². The molecular weight excluding hydrogens is 312 g/mol. The van der Waals surface area contributed by atoms with Gasteiger partial charge in [-0.15, -0.1) is 17.9 Å². The van der Waals surface area contributed by atoms with E-state index in [0.717, 1.165) is 4.88 Å². The topological polar surface area (TPSA) is 62.4 Å². The molecule has 0 atom stereocenters. The highest BCUT2D eigenvalue weighted by Gasteiger charge is 2.25. The van der Waals surface area contributed by atoms with Crippen LogP contribution in [0.3, 0.4) is 0 Å². The molecule has 0 spiro atoms. The van der Waals surface area contributed by atoms with Crippen molar-refractivity contribution in [2.75, 3.05) is 13.7 Å². The van der Waals surface area contributed by atoms with Crippen LogP contribution in [0.15, 0.2) is 30.2 Å². The van der Waals surface area contributed by atoms with Gasteiger partial charge in [0.05, 0.1) is 19.2 Å². The number of aryl methyl sites for hydroxylation is 1. The number of methoxy groups -OCH3 is 1. The second-order valence-electron chi connectivity index (χ2n) is 5.17. The molecule has 0 saturated carbocycles. The quantitative estimate of drug-likeness (QED) is 0.652. The van der Waals surface area contributed by atoms with Gasteiger partial charge in [-0.1, -0.05) is 12.1 Å². The molecule has 5 nitrogen and oxygen atoms in total. The van der Waals surface area contributed by atoms with E-state index in [9.17, 15) is 9.59 Å². The lowest BCUT2D eigenvalue weighted by atomic mass is 10.1. The molecule has 0 aliphatic heterocycles. The molecule has 0 saturated heterocycles. The summed E-state index contributed by atoms with van der Waals surface area (Å²) in [6.07, 6.45) is 1.69. The molecule has 6 heteroatoms. The molecule has 0 aromatic carbocycles. The number of H-pyrrole nitrogens is 1. The van der Waals surface area contributed by atoms with E-state index in [-0.39, 0.29) is 5.91 Å². The zero-order valence-corrected chi connectivity index (χ0v) is 14.3. The van der Waals surface area contributed by atoms with E-state index < -0.39 is 5.97 Å². The van der Waals surface area contributed by atoms with E-state index in [1.807, 2.05) is 17.5 Å². The molecule has 0 radical (unpaired) electrons. The van der Waals surface area contributed by atoms with Crippen LogP contribution >= 0.6 is 11.3 Å². The lowest BCUT2D eigenvalue weighted by molar-refractivity contribution is 0.0599. The summed E-state index contributed by atoms with van der Waals surface area (Å²) in [4.78, 5) is 30.5. The molecule has 2 heterocycles. The first-order valence-electron chi connectivity index (χ1n) is 7.19. The third-order valence-electron chi connectivity index (χ3n) is 3.60. The molecule has 1 N–H and O–H groups in total. The van der Waals surface area contributed by atoms with Crippen LogP contribution in [0.4, 0.5) is 0 Å². The molecule has 0 bridgehead atoms. The highest BCUT2D eigenvalue weighted by atomic mass is 32.1. The number of esters is 1. The lowest BCUT2D eigenvalue weighted by Gasteiger charge is -2.20. The number of rotatable bonds is 6. The number of nitrogens with one attached hydrogen (secondary N) is 1. The summed E-state index contributed by atoms with van der Waals surface area (Å²) >= 11 is 1.60. The number of aromatic nitrogens is 1. The Kier molecular flexibility index (Phi) is 5.39. The number of nitrogens with zero attached hydrogens (tertiary/aromatic N) is 1. The Bertz CT molecular complexity index is 717. The smallest absolute Gasteiger partial charge is 0.339 e. The van der Waals surface area contributed by atoms with Crippen LogP contribution < -0.4 is 0 Å². The zero-order chi connectivity index (χ0) is 17.0. The molecule has 2 aromatic rings. The third kappa shape index (κ3) is 3.53. The standard InChI is InChI=1S/C17H20N2O3S/c1-5-8-19(10-13-7-6-9-23-13)16(20)15-11(2)14(12(3)18-15)17(21)22-4/h5-7,9,18H,1,8,10H2,2-4H3.